The van der Waals surface area contributed by atoms with Crippen molar-refractivity contribution in [3.05, 3.63) is 75.7 Å². The highest BCUT2D eigenvalue weighted by Crippen LogP contribution is 2.21. The predicted molar refractivity (Wildman–Crippen MR) is 116 cm³/mol. The van der Waals surface area contributed by atoms with Gasteiger partial charge in [-0.25, -0.2) is 4.68 Å². The molecule has 0 saturated heterocycles. The molecule has 0 aliphatic heterocycles. The first-order chi connectivity index (χ1) is 14.5. The van der Waals surface area contributed by atoms with Crippen LogP contribution in [0.5, 0.6) is 5.75 Å². The second-order valence-electron chi connectivity index (χ2n) is 6.74. The van der Waals surface area contributed by atoms with E-state index in [0.717, 1.165) is 17.7 Å². The van der Waals surface area contributed by atoms with Crippen LogP contribution in [-0.2, 0) is 22.4 Å². The van der Waals surface area contributed by atoms with Crippen molar-refractivity contribution in [3.8, 4) is 11.4 Å². The lowest BCUT2D eigenvalue weighted by atomic mass is 10.1. The van der Waals surface area contributed by atoms with E-state index in [1.54, 1.807) is 38.3 Å². The van der Waals surface area contributed by atoms with Crippen LogP contribution < -0.4 is 10.3 Å². The molecule has 2 aromatic carbocycles. The van der Waals surface area contributed by atoms with Gasteiger partial charge in [0.15, 0.2) is 0 Å². The zero-order valence-corrected chi connectivity index (χ0v) is 17.6. The molecule has 30 heavy (non-hydrogen) atoms. The van der Waals surface area contributed by atoms with E-state index >= 15 is 0 Å². The predicted octanol–water partition coefficient (Wildman–Crippen LogP) is 3.59. The van der Waals surface area contributed by atoms with Crippen LogP contribution in [0.15, 0.2) is 58.3 Å². The topological polar surface area (TPSA) is 85.7 Å². The van der Waals surface area contributed by atoms with Crippen LogP contribution in [0, 0.1) is 0 Å². The second kappa shape index (κ2) is 9.26. The lowest BCUT2D eigenvalue weighted by Gasteiger charge is -2.05. The maximum absolute atomic E-state index is 13.3. The number of methoxy groups -OCH3 is 2. The lowest BCUT2D eigenvalue weighted by molar-refractivity contribution is -0.139. The number of aromatic nitrogens is 2. The summed E-state index contributed by atoms with van der Waals surface area (Å²) < 4.78 is 11.4. The van der Waals surface area contributed by atoms with Gasteiger partial charge in [0.1, 0.15) is 5.75 Å². The molecule has 3 aromatic rings. The quantitative estimate of drug-likeness (QED) is 0.479. The van der Waals surface area contributed by atoms with Crippen molar-refractivity contribution in [1.29, 1.82) is 0 Å². The molecular formula is C23H25N3O4. The number of hydrogen-bond donors (Lipinski definition) is 1. The number of hydrogen-bond acceptors (Lipinski definition) is 5. The highest BCUT2D eigenvalue weighted by molar-refractivity contribution is 6.01. The summed E-state index contributed by atoms with van der Waals surface area (Å²) >= 11 is 0. The molecule has 0 fully saturated rings. The molecule has 0 aliphatic rings. The first-order valence-corrected chi connectivity index (χ1v) is 9.67. The molecule has 0 spiro atoms. The second-order valence-corrected chi connectivity index (χ2v) is 6.74. The van der Waals surface area contributed by atoms with Crippen molar-refractivity contribution in [3.63, 3.8) is 0 Å². The van der Waals surface area contributed by atoms with Crippen molar-refractivity contribution >= 4 is 17.4 Å². The lowest BCUT2D eigenvalue weighted by Crippen LogP contribution is -2.20. The number of H-pyrrole nitrogens is 1. The van der Waals surface area contributed by atoms with Crippen LogP contribution in [0.25, 0.3) is 5.69 Å². The van der Waals surface area contributed by atoms with Gasteiger partial charge in [-0.2, -0.15) is 0 Å². The standard InChI is InChI=1S/C23H25N3O4/c1-5-16-8-6-7-9-19(16)24-15(2)22-20(14-21(27)30-4)25-26(23(22)28)17-10-12-18(29-3)13-11-17/h6-13,25H,5,14H2,1-4H3. The molecule has 156 valence electrons. The smallest absolute Gasteiger partial charge is 0.311 e. The van der Waals surface area contributed by atoms with Crippen molar-refractivity contribution in [2.75, 3.05) is 14.2 Å². The van der Waals surface area contributed by atoms with Crippen LogP contribution in [-0.4, -0.2) is 35.7 Å². The molecule has 0 unspecified atom stereocenters. The molecule has 0 saturated carbocycles. The number of aliphatic imine (C=N–C) groups is 1. The molecule has 0 aliphatic carbocycles. The van der Waals surface area contributed by atoms with Gasteiger partial charge in [0.05, 0.1) is 49.0 Å². The summed E-state index contributed by atoms with van der Waals surface area (Å²) in [5.74, 6) is 0.239. The number of nitrogens with zero attached hydrogens (tertiary/aromatic N) is 2. The minimum Gasteiger partial charge on any atom is -0.497 e. The normalized spacial score (nSPS) is 11.4. The van der Waals surface area contributed by atoms with E-state index in [-0.39, 0.29) is 12.0 Å². The van der Waals surface area contributed by atoms with Gasteiger partial charge in [-0.15, -0.1) is 0 Å². The Morgan fingerprint density at radius 2 is 1.80 bits per heavy atom. The Labute approximate surface area is 175 Å². The first-order valence-electron chi connectivity index (χ1n) is 9.67. The monoisotopic (exact) mass is 407 g/mol. The number of aryl methyl sites for hydroxylation is 1. The summed E-state index contributed by atoms with van der Waals surface area (Å²) in [5, 5.41) is 3.05. The Balaban J connectivity index is 2.13. The molecular weight excluding hydrogens is 382 g/mol. The summed E-state index contributed by atoms with van der Waals surface area (Å²) in [6, 6.07) is 14.9. The average molecular weight is 407 g/mol. The number of carbonyl (C=O) groups is 1. The van der Waals surface area contributed by atoms with Crippen molar-refractivity contribution in [2.45, 2.75) is 26.7 Å². The summed E-state index contributed by atoms with van der Waals surface area (Å²) in [6.45, 7) is 3.83. The number of rotatable bonds is 7. The van der Waals surface area contributed by atoms with Gasteiger partial charge < -0.3 is 9.47 Å². The average Bonchev–Trinajstić information content (AvgIpc) is 3.09. The number of para-hydroxylation sites is 1. The zero-order valence-electron chi connectivity index (χ0n) is 17.6. The number of esters is 1. The Bertz CT molecular complexity index is 1120. The number of nitrogens with one attached hydrogen (secondary N) is 1. The highest BCUT2D eigenvalue weighted by Gasteiger charge is 2.20. The van der Waals surface area contributed by atoms with Gasteiger partial charge in [0.2, 0.25) is 0 Å². The zero-order chi connectivity index (χ0) is 21.7. The van der Waals surface area contributed by atoms with Gasteiger partial charge in [-0.1, -0.05) is 25.1 Å². The summed E-state index contributed by atoms with van der Waals surface area (Å²) in [6.07, 6.45) is 0.762. The maximum atomic E-state index is 13.3. The van der Waals surface area contributed by atoms with E-state index in [4.69, 9.17) is 14.5 Å². The molecule has 0 radical (unpaired) electrons. The van der Waals surface area contributed by atoms with E-state index in [1.807, 2.05) is 24.3 Å². The Hall–Kier alpha value is -3.61. The van der Waals surface area contributed by atoms with Gasteiger partial charge in [-0.3, -0.25) is 19.7 Å². The van der Waals surface area contributed by atoms with Crippen LogP contribution in [0.3, 0.4) is 0 Å². The Morgan fingerprint density at radius 3 is 2.43 bits per heavy atom. The van der Waals surface area contributed by atoms with Gasteiger partial charge in [0, 0.05) is 0 Å². The molecule has 0 bridgehead atoms. The Kier molecular flexibility index (Phi) is 6.51. The number of benzene rings is 2. The summed E-state index contributed by atoms with van der Waals surface area (Å²) in [4.78, 5) is 29.9. The fourth-order valence-electron chi connectivity index (χ4n) is 3.27. The fourth-order valence-corrected chi connectivity index (χ4v) is 3.27. The van der Waals surface area contributed by atoms with E-state index in [9.17, 15) is 9.59 Å². The molecule has 3 rings (SSSR count). The third-order valence-corrected chi connectivity index (χ3v) is 4.87. The minimum absolute atomic E-state index is 0.0630. The van der Waals surface area contributed by atoms with E-state index in [2.05, 4.69) is 12.0 Å². The van der Waals surface area contributed by atoms with Crippen LogP contribution in [0.2, 0.25) is 0 Å². The number of ether oxygens (including phenoxy) is 2. The largest absolute Gasteiger partial charge is 0.497 e. The summed E-state index contributed by atoms with van der Waals surface area (Å²) in [5.41, 5.74) is 3.58. The summed E-state index contributed by atoms with van der Waals surface area (Å²) in [7, 11) is 2.90. The molecule has 7 heteroatoms. The molecule has 1 aromatic heterocycles. The first kappa shape index (κ1) is 21.1. The van der Waals surface area contributed by atoms with Crippen molar-refractivity contribution < 1.29 is 14.3 Å². The van der Waals surface area contributed by atoms with Gasteiger partial charge in [-0.05, 0) is 49.2 Å². The van der Waals surface area contributed by atoms with Gasteiger partial charge in [0.25, 0.3) is 5.56 Å². The van der Waals surface area contributed by atoms with E-state index < -0.39 is 5.97 Å². The van der Waals surface area contributed by atoms with Crippen LogP contribution in [0.1, 0.15) is 30.7 Å². The minimum atomic E-state index is -0.443. The molecule has 1 heterocycles. The fraction of sp³-hybridized carbons (Fsp3) is 0.261. The molecule has 1 N–H and O–H groups in total. The van der Waals surface area contributed by atoms with E-state index in [1.165, 1.54) is 11.8 Å². The molecule has 0 amide bonds. The van der Waals surface area contributed by atoms with E-state index in [0.29, 0.717) is 28.4 Å². The van der Waals surface area contributed by atoms with Crippen LogP contribution >= 0.6 is 0 Å². The third-order valence-electron chi connectivity index (χ3n) is 4.87. The van der Waals surface area contributed by atoms with Crippen molar-refractivity contribution in [2.24, 2.45) is 4.99 Å². The number of aromatic amines is 1. The highest BCUT2D eigenvalue weighted by atomic mass is 16.5. The Morgan fingerprint density at radius 1 is 1.10 bits per heavy atom. The third kappa shape index (κ3) is 4.35. The SMILES string of the molecule is CCc1ccccc1N=C(C)c1c(CC(=O)OC)[nH]n(-c2ccc(OC)cc2)c1=O. The molecule has 0 atom stereocenters. The van der Waals surface area contributed by atoms with Crippen molar-refractivity contribution in [1.82, 2.24) is 9.78 Å². The van der Waals surface area contributed by atoms with Gasteiger partial charge >= 0.3 is 5.97 Å². The number of carbonyl (C=O) groups excluding carboxylic acids is 1. The maximum Gasteiger partial charge on any atom is 0.311 e. The molecule has 7 nitrogen and oxygen atoms in total. The van der Waals surface area contributed by atoms with Crippen LogP contribution in [0.4, 0.5) is 5.69 Å².